The first-order valence-corrected chi connectivity index (χ1v) is 7.81. The molecule has 1 unspecified atom stereocenters. The molecule has 1 atom stereocenters. The van der Waals surface area contributed by atoms with Crippen molar-refractivity contribution in [2.24, 2.45) is 0 Å². The molecule has 1 saturated carbocycles. The number of hydrogen-bond donors (Lipinski definition) is 2. The van der Waals surface area contributed by atoms with E-state index in [9.17, 15) is 13.6 Å². The van der Waals surface area contributed by atoms with E-state index in [4.69, 9.17) is 11.6 Å². The Kier molecular flexibility index (Phi) is 4.61. The lowest BCUT2D eigenvalue weighted by molar-refractivity contribution is -0.124. The number of rotatable bonds is 4. The van der Waals surface area contributed by atoms with Gasteiger partial charge in [0.05, 0.1) is 11.1 Å². The van der Waals surface area contributed by atoms with Gasteiger partial charge in [-0.25, -0.2) is 8.78 Å². The summed E-state index contributed by atoms with van der Waals surface area (Å²) in [6.07, 6.45) is 2.07. The number of benzene rings is 1. The fourth-order valence-corrected chi connectivity index (χ4v) is 2.81. The Labute approximate surface area is 132 Å². The molecule has 0 spiro atoms. The average molecular weight is 330 g/mol. The molecule has 2 fully saturated rings. The molecule has 1 aromatic carbocycles. The zero-order valence-electron chi connectivity index (χ0n) is 12.0. The lowest BCUT2D eigenvalue weighted by Crippen LogP contribution is -2.57. The molecule has 1 aromatic rings. The normalized spacial score (nSPS) is 22.6. The van der Waals surface area contributed by atoms with Gasteiger partial charge in [0.1, 0.15) is 11.6 Å². The van der Waals surface area contributed by atoms with Crippen molar-refractivity contribution in [3.8, 4) is 0 Å². The lowest BCUT2D eigenvalue weighted by Gasteiger charge is -2.33. The van der Waals surface area contributed by atoms with E-state index < -0.39 is 11.6 Å². The van der Waals surface area contributed by atoms with Crippen molar-refractivity contribution in [1.29, 1.82) is 0 Å². The van der Waals surface area contributed by atoms with Gasteiger partial charge in [-0.15, -0.1) is 0 Å². The van der Waals surface area contributed by atoms with E-state index in [1.54, 1.807) is 0 Å². The molecule has 1 saturated heterocycles. The summed E-state index contributed by atoms with van der Waals surface area (Å²) < 4.78 is 27.3. The minimum atomic E-state index is -0.628. The number of hydrogen-bond acceptors (Lipinski definition) is 3. The number of amides is 1. The highest BCUT2D eigenvalue weighted by Crippen LogP contribution is 2.25. The number of carbonyl (C=O) groups is 1. The molecule has 1 heterocycles. The highest BCUT2D eigenvalue weighted by molar-refractivity contribution is 6.31. The topological polar surface area (TPSA) is 44.4 Å². The summed E-state index contributed by atoms with van der Waals surface area (Å²) in [6, 6.07) is 2.07. The van der Waals surface area contributed by atoms with E-state index in [0.717, 1.165) is 25.0 Å². The van der Waals surface area contributed by atoms with Crippen molar-refractivity contribution in [3.05, 3.63) is 34.4 Å². The van der Waals surface area contributed by atoms with Crippen LogP contribution in [0, 0.1) is 11.6 Å². The number of nitrogens with zero attached hydrogens (tertiary/aromatic N) is 1. The number of halogens is 3. The molecule has 3 rings (SSSR count). The summed E-state index contributed by atoms with van der Waals surface area (Å²) >= 11 is 5.86. The SMILES string of the molecule is O=C(NC1CC1)C1CN(Cc2c(F)ccc(F)c2Cl)CCN1. The fourth-order valence-electron chi connectivity index (χ4n) is 2.60. The van der Waals surface area contributed by atoms with Crippen molar-refractivity contribution in [2.45, 2.75) is 31.5 Å². The second-order valence-electron chi connectivity index (χ2n) is 5.85. The molecule has 1 aliphatic carbocycles. The molecule has 0 bridgehead atoms. The van der Waals surface area contributed by atoms with Gasteiger partial charge in [0.15, 0.2) is 0 Å². The van der Waals surface area contributed by atoms with Gasteiger partial charge in [0.25, 0.3) is 0 Å². The Bertz CT molecular complexity index is 580. The van der Waals surface area contributed by atoms with E-state index in [2.05, 4.69) is 10.6 Å². The van der Waals surface area contributed by atoms with Crippen LogP contribution in [0.1, 0.15) is 18.4 Å². The van der Waals surface area contributed by atoms with Crippen LogP contribution in [0.25, 0.3) is 0 Å². The highest BCUT2D eigenvalue weighted by atomic mass is 35.5. The second kappa shape index (κ2) is 6.48. The van der Waals surface area contributed by atoms with Crippen molar-refractivity contribution in [3.63, 3.8) is 0 Å². The molecule has 120 valence electrons. The molecule has 22 heavy (non-hydrogen) atoms. The molecular formula is C15H18ClF2N3O. The molecule has 1 aliphatic heterocycles. The van der Waals surface area contributed by atoms with Crippen molar-refractivity contribution < 1.29 is 13.6 Å². The van der Waals surface area contributed by atoms with Crippen LogP contribution < -0.4 is 10.6 Å². The average Bonchev–Trinajstić information content (AvgIpc) is 3.32. The quantitative estimate of drug-likeness (QED) is 0.826. The second-order valence-corrected chi connectivity index (χ2v) is 6.22. The Morgan fingerprint density at radius 1 is 1.36 bits per heavy atom. The van der Waals surface area contributed by atoms with E-state index in [1.807, 2.05) is 4.90 Å². The molecule has 1 amide bonds. The molecule has 4 nitrogen and oxygen atoms in total. The molecule has 2 aliphatic rings. The lowest BCUT2D eigenvalue weighted by atomic mass is 10.1. The summed E-state index contributed by atoms with van der Waals surface area (Å²) in [6.45, 7) is 1.92. The molecule has 0 aromatic heterocycles. The van der Waals surface area contributed by atoms with E-state index >= 15 is 0 Å². The predicted octanol–water partition coefficient (Wildman–Crippen LogP) is 1.67. The van der Waals surface area contributed by atoms with Crippen LogP contribution in [0.2, 0.25) is 5.02 Å². The molecular weight excluding hydrogens is 312 g/mol. The molecule has 0 radical (unpaired) electrons. The smallest absolute Gasteiger partial charge is 0.238 e. The van der Waals surface area contributed by atoms with E-state index in [-0.39, 0.29) is 29.1 Å². The van der Waals surface area contributed by atoms with Gasteiger partial charge < -0.3 is 10.6 Å². The standard InChI is InChI=1S/C15H18ClF2N3O/c16-14-10(11(17)3-4-12(14)18)7-21-6-5-19-13(8-21)15(22)20-9-1-2-9/h3-4,9,13,19H,1-2,5-8H2,(H,20,22). The minimum absolute atomic E-state index is 0.0296. The number of piperazine rings is 1. The third-order valence-electron chi connectivity index (χ3n) is 4.02. The van der Waals surface area contributed by atoms with Crippen molar-refractivity contribution >= 4 is 17.5 Å². The Hall–Kier alpha value is -1.24. The maximum absolute atomic E-state index is 13.8. The van der Waals surface area contributed by atoms with Gasteiger partial charge in [-0.05, 0) is 25.0 Å². The Balaban J connectivity index is 1.65. The maximum atomic E-state index is 13.8. The highest BCUT2D eigenvalue weighted by Gasteiger charge is 2.30. The monoisotopic (exact) mass is 329 g/mol. The van der Waals surface area contributed by atoms with Crippen molar-refractivity contribution in [1.82, 2.24) is 15.5 Å². The summed E-state index contributed by atoms with van der Waals surface area (Å²) in [5, 5.41) is 5.92. The maximum Gasteiger partial charge on any atom is 0.238 e. The first-order chi connectivity index (χ1) is 10.5. The van der Waals surface area contributed by atoms with Gasteiger partial charge in [0, 0.05) is 37.8 Å². The first kappa shape index (κ1) is 15.6. The van der Waals surface area contributed by atoms with Gasteiger partial charge in [-0.1, -0.05) is 11.6 Å². The van der Waals surface area contributed by atoms with Gasteiger partial charge >= 0.3 is 0 Å². The molecule has 2 N–H and O–H groups in total. The third-order valence-corrected chi connectivity index (χ3v) is 4.43. The van der Waals surface area contributed by atoms with E-state index in [1.165, 1.54) is 0 Å². The minimum Gasteiger partial charge on any atom is -0.352 e. The van der Waals surface area contributed by atoms with Crippen LogP contribution in [0.4, 0.5) is 8.78 Å². The number of nitrogens with one attached hydrogen (secondary N) is 2. The van der Waals surface area contributed by atoms with Crippen LogP contribution in [-0.4, -0.2) is 42.5 Å². The van der Waals surface area contributed by atoms with Crippen LogP contribution in [-0.2, 0) is 11.3 Å². The number of carbonyl (C=O) groups excluding carboxylic acids is 1. The largest absolute Gasteiger partial charge is 0.352 e. The van der Waals surface area contributed by atoms with Gasteiger partial charge in [-0.3, -0.25) is 9.69 Å². The van der Waals surface area contributed by atoms with Crippen molar-refractivity contribution in [2.75, 3.05) is 19.6 Å². The summed E-state index contributed by atoms with van der Waals surface area (Å²) in [5.41, 5.74) is 0.143. The van der Waals surface area contributed by atoms with E-state index in [0.29, 0.717) is 25.7 Å². The van der Waals surface area contributed by atoms with Crippen LogP contribution in [0.5, 0.6) is 0 Å². The summed E-state index contributed by atoms with van der Waals surface area (Å²) in [5.74, 6) is -1.18. The predicted molar refractivity (Wildman–Crippen MR) is 79.6 cm³/mol. The van der Waals surface area contributed by atoms with Crippen LogP contribution in [0.15, 0.2) is 12.1 Å². The zero-order valence-corrected chi connectivity index (χ0v) is 12.8. The molecule has 7 heteroatoms. The van der Waals surface area contributed by atoms with Gasteiger partial charge in [-0.2, -0.15) is 0 Å². The van der Waals surface area contributed by atoms with Gasteiger partial charge in [0.2, 0.25) is 5.91 Å². The first-order valence-electron chi connectivity index (χ1n) is 7.43. The fraction of sp³-hybridized carbons (Fsp3) is 0.533. The van der Waals surface area contributed by atoms with Crippen LogP contribution in [0.3, 0.4) is 0 Å². The Morgan fingerprint density at radius 3 is 2.82 bits per heavy atom. The van der Waals surface area contributed by atoms with Crippen LogP contribution >= 0.6 is 11.6 Å². The third kappa shape index (κ3) is 3.56. The summed E-state index contributed by atoms with van der Waals surface area (Å²) in [4.78, 5) is 14.0. The Morgan fingerprint density at radius 2 is 2.09 bits per heavy atom. The summed E-state index contributed by atoms with van der Waals surface area (Å²) in [7, 11) is 0. The zero-order chi connectivity index (χ0) is 15.7.